The van der Waals surface area contributed by atoms with E-state index in [1.54, 1.807) is 13.8 Å². The zero-order valence-corrected chi connectivity index (χ0v) is 14.7. The summed E-state index contributed by atoms with van der Waals surface area (Å²) in [5.74, 6) is -0.503. The van der Waals surface area contributed by atoms with E-state index in [0.29, 0.717) is 27.2 Å². The predicted octanol–water partition coefficient (Wildman–Crippen LogP) is 3.84. The summed E-state index contributed by atoms with van der Waals surface area (Å²) in [5.41, 5.74) is 1.39. The summed E-state index contributed by atoms with van der Waals surface area (Å²) < 4.78 is 14.7. The zero-order valence-electron chi connectivity index (χ0n) is 13.2. The van der Waals surface area contributed by atoms with Gasteiger partial charge >= 0.3 is 5.69 Å². The molecule has 25 heavy (non-hydrogen) atoms. The van der Waals surface area contributed by atoms with Crippen molar-refractivity contribution in [3.63, 3.8) is 0 Å². The number of hydrogen-bond acceptors (Lipinski definition) is 7. The molecule has 3 aromatic rings. The zero-order chi connectivity index (χ0) is 18.1. The molecule has 8 nitrogen and oxygen atoms in total. The number of nitro groups is 1. The van der Waals surface area contributed by atoms with Gasteiger partial charge in [0.05, 0.1) is 16.5 Å². The van der Waals surface area contributed by atoms with Crippen molar-refractivity contribution in [3.05, 3.63) is 55.5 Å². The monoisotopic (exact) mass is 382 g/mol. The molecule has 1 aromatic carbocycles. The van der Waals surface area contributed by atoms with Crippen LogP contribution in [0.1, 0.15) is 16.4 Å². The lowest BCUT2D eigenvalue weighted by Crippen LogP contribution is -2.04. The molecule has 0 amide bonds. The maximum absolute atomic E-state index is 13.2. The Bertz CT molecular complexity index is 957. The van der Waals surface area contributed by atoms with Crippen molar-refractivity contribution in [2.24, 2.45) is 0 Å². The number of aryl methyl sites for hydroxylation is 1. The van der Waals surface area contributed by atoms with Crippen molar-refractivity contribution in [2.45, 2.75) is 20.4 Å². The molecule has 0 atom stereocenters. The van der Waals surface area contributed by atoms with E-state index < -0.39 is 10.7 Å². The molecule has 0 spiro atoms. The van der Waals surface area contributed by atoms with E-state index >= 15 is 0 Å². The van der Waals surface area contributed by atoms with Crippen LogP contribution in [0, 0.1) is 29.8 Å². The van der Waals surface area contributed by atoms with Gasteiger partial charge in [0.2, 0.25) is 5.13 Å². The van der Waals surface area contributed by atoms with Crippen LogP contribution in [0.3, 0.4) is 0 Å². The van der Waals surface area contributed by atoms with Gasteiger partial charge in [0.25, 0.3) is 0 Å². The fraction of sp³-hybridized carbons (Fsp3) is 0.214. The van der Waals surface area contributed by atoms with E-state index in [1.165, 1.54) is 34.2 Å². The summed E-state index contributed by atoms with van der Waals surface area (Å²) in [5, 5.41) is 27.4. The predicted molar refractivity (Wildman–Crippen MR) is 92.1 cm³/mol. The molecule has 0 saturated heterocycles. The molecule has 130 valence electrons. The van der Waals surface area contributed by atoms with Crippen LogP contribution in [0.4, 0.5) is 20.9 Å². The topological polar surface area (TPSA) is 98.8 Å². The van der Waals surface area contributed by atoms with Crippen LogP contribution in [-0.2, 0) is 6.54 Å². The lowest BCUT2D eigenvalue weighted by molar-refractivity contribution is -0.386. The molecule has 0 unspecified atom stereocenters. The molecule has 0 bridgehead atoms. The van der Waals surface area contributed by atoms with Gasteiger partial charge in [0.1, 0.15) is 22.2 Å². The summed E-state index contributed by atoms with van der Waals surface area (Å²) >= 11 is 7.00. The molecule has 0 fully saturated rings. The lowest BCUT2D eigenvalue weighted by atomic mass is 10.3. The third-order valence-corrected chi connectivity index (χ3v) is 4.56. The Morgan fingerprint density at radius 2 is 2.16 bits per heavy atom. The van der Waals surface area contributed by atoms with Crippen LogP contribution in [0.2, 0.25) is 5.02 Å². The second-order valence-corrected chi connectivity index (χ2v) is 6.66. The van der Waals surface area contributed by atoms with Gasteiger partial charge in [-0.25, -0.2) is 4.39 Å². The highest BCUT2D eigenvalue weighted by molar-refractivity contribution is 7.15. The number of benzene rings is 1. The van der Waals surface area contributed by atoms with Gasteiger partial charge in [-0.05, 0) is 32.0 Å². The normalized spacial score (nSPS) is 10.9. The molecule has 0 radical (unpaired) electrons. The van der Waals surface area contributed by atoms with Crippen LogP contribution in [-0.4, -0.2) is 24.9 Å². The highest BCUT2D eigenvalue weighted by atomic mass is 35.5. The Labute approximate surface area is 150 Å². The minimum absolute atomic E-state index is 0.00354. The van der Waals surface area contributed by atoms with Crippen LogP contribution < -0.4 is 5.32 Å². The first-order valence-corrected chi connectivity index (χ1v) is 8.27. The van der Waals surface area contributed by atoms with Crippen molar-refractivity contribution in [1.29, 1.82) is 0 Å². The summed E-state index contributed by atoms with van der Waals surface area (Å²) in [4.78, 5) is 10.6. The van der Waals surface area contributed by atoms with Crippen LogP contribution in [0.15, 0.2) is 18.2 Å². The average molecular weight is 383 g/mol. The summed E-state index contributed by atoms with van der Waals surface area (Å²) in [7, 11) is 0. The fourth-order valence-corrected chi connectivity index (χ4v) is 3.22. The highest BCUT2D eigenvalue weighted by Crippen LogP contribution is 2.26. The third-order valence-electron chi connectivity index (χ3n) is 3.45. The number of anilines is 2. The third kappa shape index (κ3) is 3.59. The van der Waals surface area contributed by atoms with Gasteiger partial charge in [0.15, 0.2) is 0 Å². The molecular weight excluding hydrogens is 371 g/mol. The van der Waals surface area contributed by atoms with Crippen molar-refractivity contribution in [2.75, 3.05) is 5.32 Å². The van der Waals surface area contributed by atoms with E-state index in [0.717, 1.165) is 0 Å². The van der Waals surface area contributed by atoms with Gasteiger partial charge in [-0.2, -0.15) is 5.10 Å². The summed E-state index contributed by atoms with van der Waals surface area (Å²) in [6.45, 7) is 3.50. The minimum Gasteiger partial charge on any atom is -0.330 e. The van der Waals surface area contributed by atoms with E-state index in [1.807, 2.05) is 0 Å². The van der Waals surface area contributed by atoms with Gasteiger partial charge in [-0.15, -0.1) is 10.2 Å². The number of halogens is 2. The fourth-order valence-electron chi connectivity index (χ4n) is 2.30. The number of hydrogen-bond donors (Lipinski definition) is 1. The second-order valence-electron chi connectivity index (χ2n) is 5.19. The van der Waals surface area contributed by atoms with E-state index in [-0.39, 0.29) is 17.3 Å². The number of aromatic nitrogens is 4. The van der Waals surface area contributed by atoms with Crippen LogP contribution in [0.25, 0.3) is 0 Å². The molecule has 3 rings (SSSR count). The highest BCUT2D eigenvalue weighted by Gasteiger charge is 2.22. The minimum atomic E-state index is -0.503. The smallest absolute Gasteiger partial charge is 0.312 e. The lowest BCUT2D eigenvalue weighted by Gasteiger charge is -2.02. The van der Waals surface area contributed by atoms with Crippen LogP contribution >= 0.6 is 22.9 Å². The molecule has 0 saturated carbocycles. The molecule has 2 aromatic heterocycles. The Balaban J connectivity index is 1.77. The molecular formula is C14H12ClFN6O2S. The number of nitrogens with zero attached hydrogens (tertiary/aromatic N) is 5. The number of nitrogens with one attached hydrogen (secondary N) is 1. The molecule has 0 aliphatic heterocycles. The summed E-state index contributed by atoms with van der Waals surface area (Å²) in [6, 6.07) is 4.23. The molecule has 11 heteroatoms. The Morgan fingerprint density at radius 1 is 1.40 bits per heavy atom. The maximum Gasteiger partial charge on any atom is 0.312 e. The Kier molecular flexibility index (Phi) is 4.64. The van der Waals surface area contributed by atoms with Crippen molar-refractivity contribution >= 4 is 39.4 Å². The average Bonchev–Trinajstić information content (AvgIpc) is 3.08. The largest absolute Gasteiger partial charge is 0.330 e. The summed E-state index contributed by atoms with van der Waals surface area (Å²) in [6.07, 6.45) is 0. The van der Waals surface area contributed by atoms with Gasteiger partial charge in [-0.3, -0.25) is 14.8 Å². The second kappa shape index (κ2) is 6.73. The molecule has 0 aliphatic rings. The maximum atomic E-state index is 13.2. The van der Waals surface area contributed by atoms with E-state index in [9.17, 15) is 14.5 Å². The first-order valence-electron chi connectivity index (χ1n) is 7.08. The quantitative estimate of drug-likeness (QED) is 0.531. The Morgan fingerprint density at radius 3 is 2.80 bits per heavy atom. The molecule has 0 aliphatic carbocycles. The first kappa shape index (κ1) is 17.2. The van der Waals surface area contributed by atoms with Crippen molar-refractivity contribution in [1.82, 2.24) is 20.0 Å². The van der Waals surface area contributed by atoms with Gasteiger partial charge in [-0.1, -0.05) is 22.9 Å². The first-order chi connectivity index (χ1) is 11.8. The molecule has 2 heterocycles. The van der Waals surface area contributed by atoms with E-state index in [2.05, 4.69) is 20.6 Å². The van der Waals surface area contributed by atoms with Gasteiger partial charge in [0, 0.05) is 5.69 Å². The van der Waals surface area contributed by atoms with Crippen molar-refractivity contribution < 1.29 is 9.31 Å². The SMILES string of the molecule is Cc1nn(Cc2nnc(Nc3ccc(F)c(Cl)c3)s2)c(C)c1[N+](=O)[O-]. The standard InChI is InChI=1S/C14H12ClFN6O2S/c1-7-13(22(23)24)8(2)21(20-7)6-12-18-19-14(25-12)17-9-3-4-11(16)10(15)5-9/h3-5H,6H2,1-2H3,(H,17,19). The van der Waals surface area contributed by atoms with Crippen LogP contribution in [0.5, 0.6) is 0 Å². The van der Waals surface area contributed by atoms with E-state index in [4.69, 9.17) is 11.6 Å². The van der Waals surface area contributed by atoms with Gasteiger partial charge < -0.3 is 5.32 Å². The Hall–Kier alpha value is -2.59. The molecule has 1 N–H and O–H groups in total. The van der Waals surface area contributed by atoms with Crippen molar-refractivity contribution in [3.8, 4) is 0 Å². The number of rotatable bonds is 5.